The van der Waals surface area contributed by atoms with Crippen LogP contribution in [-0.2, 0) is 0 Å². The maximum absolute atomic E-state index is 13.0. The number of carbonyl (C=O) groups excluding carboxylic acids is 1. The van der Waals surface area contributed by atoms with E-state index in [1.807, 2.05) is 22.6 Å². The molecule has 0 aromatic heterocycles. The highest BCUT2D eigenvalue weighted by Crippen LogP contribution is 2.15. The summed E-state index contributed by atoms with van der Waals surface area (Å²) >= 11 is 1.99. The summed E-state index contributed by atoms with van der Waals surface area (Å²) in [5.74, 6) is -0.416. The molecule has 0 spiro atoms. The van der Waals surface area contributed by atoms with Crippen LogP contribution in [0.25, 0.3) is 0 Å². The van der Waals surface area contributed by atoms with Crippen molar-refractivity contribution in [3.05, 3.63) is 33.1 Å². The van der Waals surface area contributed by atoms with E-state index in [1.54, 1.807) is 6.07 Å². The van der Waals surface area contributed by atoms with Gasteiger partial charge in [-0.1, -0.05) is 0 Å². The molecule has 98 valence electrons. The molecule has 1 aromatic carbocycles. The molecule has 0 radical (unpaired) electrons. The second-order valence-corrected chi connectivity index (χ2v) is 5.64. The summed E-state index contributed by atoms with van der Waals surface area (Å²) in [6.07, 6.45) is 3.02. The van der Waals surface area contributed by atoms with E-state index in [9.17, 15) is 9.18 Å². The van der Waals surface area contributed by atoms with Crippen LogP contribution in [-0.4, -0.2) is 25.0 Å². The van der Waals surface area contributed by atoms with Crippen molar-refractivity contribution < 1.29 is 9.18 Å². The Morgan fingerprint density at radius 1 is 1.39 bits per heavy atom. The lowest BCUT2D eigenvalue weighted by molar-refractivity contribution is 0.0933. The molecule has 0 saturated carbocycles. The fourth-order valence-electron chi connectivity index (χ4n) is 2.10. The van der Waals surface area contributed by atoms with Crippen molar-refractivity contribution in [2.75, 3.05) is 13.1 Å². The van der Waals surface area contributed by atoms with Gasteiger partial charge >= 0.3 is 0 Å². The molecule has 3 nitrogen and oxygen atoms in total. The van der Waals surface area contributed by atoms with Crippen LogP contribution in [0.3, 0.4) is 0 Å². The van der Waals surface area contributed by atoms with Crippen LogP contribution in [0.1, 0.15) is 29.6 Å². The third kappa shape index (κ3) is 3.65. The van der Waals surface area contributed by atoms with Gasteiger partial charge in [0.05, 0.1) is 5.56 Å². The molecule has 2 rings (SSSR count). The maximum atomic E-state index is 13.0. The van der Waals surface area contributed by atoms with Crippen LogP contribution in [0, 0.1) is 9.39 Å². The van der Waals surface area contributed by atoms with Gasteiger partial charge in [-0.3, -0.25) is 4.79 Å². The molecular formula is C13H16FIN2O. The van der Waals surface area contributed by atoms with Gasteiger partial charge in [-0.05, 0) is 73.1 Å². The van der Waals surface area contributed by atoms with Crippen molar-refractivity contribution >= 4 is 28.5 Å². The van der Waals surface area contributed by atoms with Gasteiger partial charge in [0, 0.05) is 9.61 Å². The normalized spacial score (nSPS) is 20.2. The molecule has 2 N–H and O–H groups in total. The van der Waals surface area contributed by atoms with Crippen LogP contribution in [0.4, 0.5) is 4.39 Å². The summed E-state index contributed by atoms with van der Waals surface area (Å²) in [4.78, 5) is 12.1. The fraction of sp³-hybridized carbons (Fsp3) is 0.462. The predicted octanol–water partition coefficient (Wildman–Crippen LogP) is 2.30. The summed E-state index contributed by atoms with van der Waals surface area (Å²) in [6.45, 7) is 1.95. The summed E-state index contributed by atoms with van der Waals surface area (Å²) < 4.78 is 13.6. The zero-order valence-corrected chi connectivity index (χ0v) is 12.2. The van der Waals surface area contributed by atoms with Gasteiger partial charge in [-0.2, -0.15) is 0 Å². The highest BCUT2D eigenvalue weighted by molar-refractivity contribution is 14.1. The van der Waals surface area contributed by atoms with Crippen LogP contribution in [0.15, 0.2) is 18.2 Å². The largest absolute Gasteiger partial charge is 0.349 e. The van der Waals surface area contributed by atoms with E-state index in [0.717, 1.165) is 32.4 Å². The molecule has 1 unspecified atom stereocenters. The number of carbonyl (C=O) groups is 1. The van der Waals surface area contributed by atoms with Gasteiger partial charge in [0.25, 0.3) is 5.91 Å². The molecule has 18 heavy (non-hydrogen) atoms. The first-order chi connectivity index (χ1) is 8.66. The zero-order valence-electron chi connectivity index (χ0n) is 10.0. The Morgan fingerprint density at radius 2 is 2.22 bits per heavy atom. The Balaban J connectivity index is 2.02. The monoisotopic (exact) mass is 362 g/mol. The van der Waals surface area contributed by atoms with Crippen molar-refractivity contribution in [3.63, 3.8) is 0 Å². The van der Waals surface area contributed by atoms with Gasteiger partial charge in [0.1, 0.15) is 5.82 Å². The third-order valence-electron chi connectivity index (χ3n) is 3.09. The second kappa shape index (κ2) is 6.47. The van der Waals surface area contributed by atoms with E-state index in [-0.39, 0.29) is 17.8 Å². The summed E-state index contributed by atoms with van der Waals surface area (Å²) in [5.41, 5.74) is 0.550. The molecule has 0 bridgehead atoms. The van der Waals surface area contributed by atoms with Crippen molar-refractivity contribution in [1.82, 2.24) is 10.6 Å². The van der Waals surface area contributed by atoms with E-state index in [2.05, 4.69) is 10.6 Å². The lowest BCUT2D eigenvalue weighted by atomic mass is 10.1. The number of benzene rings is 1. The van der Waals surface area contributed by atoms with E-state index in [0.29, 0.717) is 9.13 Å². The van der Waals surface area contributed by atoms with Crippen molar-refractivity contribution in [3.8, 4) is 0 Å². The minimum Gasteiger partial charge on any atom is -0.349 e. The minimum atomic E-state index is -0.311. The summed E-state index contributed by atoms with van der Waals surface area (Å²) in [7, 11) is 0. The van der Waals surface area contributed by atoms with Crippen molar-refractivity contribution in [1.29, 1.82) is 0 Å². The van der Waals surface area contributed by atoms with Gasteiger partial charge in [-0.25, -0.2) is 4.39 Å². The molecule has 1 aromatic rings. The summed E-state index contributed by atoms with van der Waals surface area (Å²) in [5, 5.41) is 6.34. The molecule has 0 aliphatic carbocycles. The van der Waals surface area contributed by atoms with E-state index in [4.69, 9.17) is 0 Å². The molecule has 1 aliphatic heterocycles. The van der Waals surface area contributed by atoms with E-state index < -0.39 is 0 Å². The number of nitrogens with one attached hydrogen (secondary N) is 2. The predicted molar refractivity (Wildman–Crippen MR) is 77.1 cm³/mol. The molecule has 1 amide bonds. The first-order valence-electron chi connectivity index (χ1n) is 6.13. The third-order valence-corrected chi connectivity index (χ3v) is 3.98. The Kier molecular flexibility index (Phi) is 4.94. The average Bonchev–Trinajstić information content (AvgIpc) is 2.57. The maximum Gasteiger partial charge on any atom is 0.252 e. The van der Waals surface area contributed by atoms with E-state index >= 15 is 0 Å². The van der Waals surface area contributed by atoms with Gasteiger partial charge in [0.15, 0.2) is 0 Å². The number of halogens is 2. The van der Waals surface area contributed by atoms with Gasteiger partial charge in [0.2, 0.25) is 0 Å². The number of amides is 1. The van der Waals surface area contributed by atoms with Gasteiger partial charge < -0.3 is 10.6 Å². The van der Waals surface area contributed by atoms with E-state index in [1.165, 1.54) is 12.1 Å². The summed E-state index contributed by atoms with van der Waals surface area (Å²) in [6, 6.07) is 4.46. The Bertz CT molecular complexity index is 431. The molecule has 5 heteroatoms. The highest BCUT2D eigenvalue weighted by Gasteiger charge is 2.17. The molecule has 1 atom stereocenters. The topological polar surface area (TPSA) is 41.1 Å². The lowest BCUT2D eigenvalue weighted by Gasteiger charge is -2.16. The number of hydrogen-bond acceptors (Lipinski definition) is 2. The number of rotatable bonds is 2. The van der Waals surface area contributed by atoms with Crippen LogP contribution < -0.4 is 10.6 Å². The smallest absolute Gasteiger partial charge is 0.252 e. The lowest BCUT2D eigenvalue weighted by Crippen LogP contribution is -2.35. The highest BCUT2D eigenvalue weighted by atomic mass is 127. The SMILES string of the molecule is O=C(NC1CCCNCC1)c1ccc(F)cc1I. The standard InChI is InChI=1S/C13H16FIN2O/c14-9-3-4-11(12(15)8-9)13(18)17-10-2-1-6-16-7-5-10/h3-4,8,10,16H,1-2,5-7H2,(H,17,18). The fourth-order valence-corrected chi connectivity index (χ4v) is 2.82. The molecule has 1 aliphatic rings. The van der Waals surface area contributed by atoms with Crippen LogP contribution >= 0.6 is 22.6 Å². The Morgan fingerprint density at radius 3 is 3.00 bits per heavy atom. The zero-order chi connectivity index (χ0) is 13.0. The molecule has 1 saturated heterocycles. The van der Waals surface area contributed by atoms with Crippen molar-refractivity contribution in [2.45, 2.75) is 25.3 Å². The second-order valence-electron chi connectivity index (χ2n) is 4.48. The average molecular weight is 362 g/mol. The molecular weight excluding hydrogens is 346 g/mol. The van der Waals surface area contributed by atoms with Gasteiger partial charge in [-0.15, -0.1) is 0 Å². The number of hydrogen-bond donors (Lipinski definition) is 2. The molecule has 1 fully saturated rings. The quantitative estimate of drug-likeness (QED) is 0.793. The Hall–Kier alpha value is -0.690. The minimum absolute atomic E-state index is 0.105. The Labute approximate surface area is 120 Å². The van der Waals surface area contributed by atoms with Crippen LogP contribution in [0.2, 0.25) is 0 Å². The van der Waals surface area contributed by atoms with Crippen LogP contribution in [0.5, 0.6) is 0 Å². The van der Waals surface area contributed by atoms with Crippen molar-refractivity contribution in [2.24, 2.45) is 0 Å². The first-order valence-corrected chi connectivity index (χ1v) is 7.21. The first kappa shape index (κ1) is 13.7. The molecule has 1 heterocycles.